The van der Waals surface area contributed by atoms with E-state index in [0.717, 1.165) is 22.5 Å². The molecule has 4 heterocycles. The Morgan fingerprint density at radius 1 is 1.09 bits per heavy atom. The molecule has 9 heteroatoms. The van der Waals surface area contributed by atoms with Crippen LogP contribution in [0.3, 0.4) is 0 Å². The zero-order valence-corrected chi connectivity index (χ0v) is 19.5. The molecular formula is C26H23N7O2. The average molecular weight is 466 g/mol. The van der Waals surface area contributed by atoms with Gasteiger partial charge in [0.05, 0.1) is 6.54 Å². The molecule has 0 radical (unpaired) electrons. The summed E-state index contributed by atoms with van der Waals surface area (Å²) in [5, 5.41) is 10.4. The van der Waals surface area contributed by atoms with Gasteiger partial charge in [0, 0.05) is 28.7 Å². The average Bonchev–Trinajstić information content (AvgIpc) is 3.48. The highest BCUT2D eigenvalue weighted by Gasteiger charge is 2.21. The second-order valence-electron chi connectivity index (χ2n) is 8.30. The lowest BCUT2D eigenvalue weighted by Crippen LogP contribution is -2.28. The van der Waals surface area contributed by atoms with Crippen molar-refractivity contribution < 1.29 is 9.59 Å². The first-order valence-electron chi connectivity index (χ1n) is 11.1. The molecule has 0 bridgehead atoms. The molecular weight excluding hydrogens is 442 g/mol. The van der Waals surface area contributed by atoms with E-state index < -0.39 is 0 Å². The molecule has 35 heavy (non-hydrogen) atoms. The van der Waals surface area contributed by atoms with Gasteiger partial charge in [-0.2, -0.15) is 5.10 Å². The van der Waals surface area contributed by atoms with Crippen LogP contribution in [-0.4, -0.2) is 43.7 Å². The summed E-state index contributed by atoms with van der Waals surface area (Å²) in [5.41, 5.74) is 5.19. The van der Waals surface area contributed by atoms with E-state index in [1.165, 1.54) is 6.33 Å². The Bertz CT molecular complexity index is 1550. The maximum absolute atomic E-state index is 13.2. The van der Waals surface area contributed by atoms with E-state index in [2.05, 4.69) is 30.7 Å². The third-order valence-corrected chi connectivity index (χ3v) is 5.83. The molecule has 0 fully saturated rings. The molecule has 9 nitrogen and oxygen atoms in total. The van der Waals surface area contributed by atoms with Crippen molar-refractivity contribution in [3.63, 3.8) is 0 Å². The number of benzene rings is 1. The minimum atomic E-state index is -0.247. The van der Waals surface area contributed by atoms with Gasteiger partial charge in [-0.15, -0.1) is 0 Å². The molecule has 4 aromatic rings. The molecule has 1 aliphatic heterocycles. The van der Waals surface area contributed by atoms with Gasteiger partial charge in [-0.05, 0) is 62.2 Å². The van der Waals surface area contributed by atoms with E-state index in [9.17, 15) is 9.59 Å². The van der Waals surface area contributed by atoms with Crippen molar-refractivity contribution >= 4 is 34.5 Å². The number of anilines is 2. The van der Waals surface area contributed by atoms with E-state index in [1.54, 1.807) is 35.0 Å². The normalized spacial score (nSPS) is 12.6. The lowest BCUT2D eigenvalue weighted by atomic mass is 10.1. The molecule has 1 amide bonds. The number of rotatable bonds is 5. The van der Waals surface area contributed by atoms with Crippen molar-refractivity contribution in [1.29, 1.82) is 0 Å². The van der Waals surface area contributed by atoms with Crippen molar-refractivity contribution in [2.24, 2.45) is 4.99 Å². The van der Waals surface area contributed by atoms with Gasteiger partial charge in [-0.25, -0.2) is 14.5 Å². The summed E-state index contributed by atoms with van der Waals surface area (Å²) in [4.78, 5) is 38.9. The van der Waals surface area contributed by atoms with Crippen LogP contribution in [0.1, 0.15) is 43.2 Å². The minimum Gasteiger partial charge on any atom is -0.338 e. The Hall–Kier alpha value is -4.66. The Balaban J connectivity index is 1.48. The number of fused-ring (bicyclic) bond motifs is 1. The predicted octanol–water partition coefficient (Wildman–Crippen LogP) is 3.72. The third kappa shape index (κ3) is 4.31. The second-order valence-corrected chi connectivity index (χ2v) is 8.30. The van der Waals surface area contributed by atoms with E-state index >= 15 is 0 Å². The Morgan fingerprint density at radius 3 is 2.71 bits per heavy atom. The molecule has 5 rings (SSSR count). The van der Waals surface area contributed by atoms with Gasteiger partial charge in [-0.1, -0.05) is 18.2 Å². The highest BCUT2D eigenvalue weighted by molar-refractivity contribution is 6.11. The van der Waals surface area contributed by atoms with Crippen molar-refractivity contribution in [1.82, 2.24) is 24.9 Å². The predicted molar refractivity (Wildman–Crippen MR) is 134 cm³/mol. The van der Waals surface area contributed by atoms with Crippen LogP contribution in [0.25, 0.3) is 5.52 Å². The molecule has 0 saturated heterocycles. The Labute approximate surface area is 201 Å². The number of nitrogens with zero attached hydrogens (tertiary/aromatic N) is 5. The van der Waals surface area contributed by atoms with Crippen molar-refractivity contribution in [2.45, 2.75) is 20.8 Å². The summed E-state index contributed by atoms with van der Waals surface area (Å²) in [6, 6.07) is 10.8. The third-order valence-electron chi connectivity index (χ3n) is 5.83. The van der Waals surface area contributed by atoms with Crippen LogP contribution in [0.15, 0.2) is 66.1 Å². The summed E-state index contributed by atoms with van der Waals surface area (Å²) in [7, 11) is 0. The van der Waals surface area contributed by atoms with Crippen LogP contribution < -0.4 is 10.6 Å². The molecule has 3 aromatic heterocycles. The number of carbonyl (C=O) groups is 2. The monoisotopic (exact) mass is 465 g/mol. The zero-order valence-electron chi connectivity index (χ0n) is 19.5. The smallest absolute Gasteiger partial charge is 0.256 e. The van der Waals surface area contributed by atoms with Crippen LogP contribution in [0, 0.1) is 20.8 Å². The van der Waals surface area contributed by atoms with Gasteiger partial charge in [0.1, 0.15) is 23.4 Å². The highest BCUT2D eigenvalue weighted by Crippen LogP contribution is 2.28. The Morgan fingerprint density at radius 2 is 1.94 bits per heavy atom. The van der Waals surface area contributed by atoms with Gasteiger partial charge in [0.15, 0.2) is 5.82 Å². The minimum absolute atomic E-state index is 0.179. The van der Waals surface area contributed by atoms with E-state index in [1.807, 2.05) is 45.0 Å². The molecule has 0 aliphatic carbocycles. The molecule has 1 aromatic carbocycles. The van der Waals surface area contributed by atoms with Gasteiger partial charge in [-0.3, -0.25) is 14.6 Å². The molecule has 1 aliphatic rings. The summed E-state index contributed by atoms with van der Waals surface area (Å²) in [6.07, 6.45) is 6.77. The fraction of sp³-hybridized carbons (Fsp3) is 0.154. The number of amidine groups is 1. The van der Waals surface area contributed by atoms with Crippen LogP contribution in [0.4, 0.5) is 11.5 Å². The van der Waals surface area contributed by atoms with Crippen LogP contribution in [-0.2, 0) is 0 Å². The van der Waals surface area contributed by atoms with Crippen LogP contribution in [0.5, 0.6) is 0 Å². The van der Waals surface area contributed by atoms with Crippen LogP contribution in [0.2, 0.25) is 0 Å². The molecule has 0 spiro atoms. The number of ketones is 1. The molecule has 2 N–H and O–H groups in total. The lowest BCUT2D eigenvalue weighted by Gasteiger charge is -2.12. The van der Waals surface area contributed by atoms with Gasteiger partial charge >= 0.3 is 0 Å². The molecule has 174 valence electrons. The van der Waals surface area contributed by atoms with E-state index in [0.29, 0.717) is 40.5 Å². The first kappa shape index (κ1) is 22.1. The van der Waals surface area contributed by atoms with E-state index in [-0.39, 0.29) is 11.7 Å². The summed E-state index contributed by atoms with van der Waals surface area (Å²) in [6.45, 7) is 6.22. The summed E-state index contributed by atoms with van der Waals surface area (Å²) >= 11 is 0. The lowest BCUT2D eigenvalue weighted by molar-refractivity contribution is 0.0976. The van der Waals surface area contributed by atoms with Gasteiger partial charge in [0.25, 0.3) is 5.91 Å². The standard InChI is InChI=1S/C26H23N7O2/c1-15-9-10-18(26(35)32-22-8-5-11-27-22)12-21(15)31-25-23-17(3)19(13-33(23)29-14-28-25)24(34)20-7-4-6-16(2)30-20/h4-10,12-14H,11H2,1-3H3,(H,27,32,35)(H,28,29,31). The number of amides is 1. The van der Waals surface area contributed by atoms with Crippen molar-refractivity contribution in [3.8, 4) is 0 Å². The maximum Gasteiger partial charge on any atom is 0.256 e. The molecule has 0 saturated carbocycles. The second kappa shape index (κ2) is 8.94. The largest absolute Gasteiger partial charge is 0.338 e. The van der Waals surface area contributed by atoms with Crippen molar-refractivity contribution in [3.05, 3.63) is 94.7 Å². The number of pyridine rings is 1. The van der Waals surface area contributed by atoms with Gasteiger partial charge < -0.3 is 10.6 Å². The number of hydrogen-bond donors (Lipinski definition) is 2. The van der Waals surface area contributed by atoms with Gasteiger partial charge in [0.2, 0.25) is 5.78 Å². The molecule has 0 atom stereocenters. The summed E-state index contributed by atoms with van der Waals surface area (Å²) < 4.78 is 1.63. The fourth-order valence-electron chi connectivity index (χ4n) is 3.95. The van der Waals surface area contributed by atoms with Crippen LogP contribution >= 0.6 is 0 Å². The number of aromatic nitrogens is 4. The Kier molecular flexibility index (Phi) is 5.66. The SMILES string of the molecule is Cc1cccc(C(=O)c2cn3ncnc(Nc4cc(C(=O)NC5=NCC=C5)ccc4C)c3c2C)n1. The number of nitrogens with one attached hydrogen (secondary N) is 2. The first-order chi connectivity index (χ1) is 16.9. The number of aliphatic imine (C=N–C) groups is 1. The summed E-state index contributed by atoms with van der Waals surface area (Å²) in [5.74, 6) is 0.647. The van der Waals surface area contributed by atoms with Crippen molar-refractivity contribution in [2.75, 3.05) is 11.9 Å². The fourth-order valence-corrected chi connectivity index (χ4v) is 3.95. The quantitative estimate of drug-likeness (QED) is 0.434. The number of hydrogen-bond acceptors (Lipinski definition) is 7. The topological polar surface area (TPSA) is 114 Å². The number of carbonyl (C=O) groups excluding carboxylic acids is 2. The zero-order chi connectivity index (χ0) is 24.5. The molecule has 0 unspecified atom stereocenters. The highest BCUT2D eigenvalue weighted by atomic mass is 16.1. The van der Waals surface area contributed by atoms with E-state index in [4.69, 9.17) is 0 Å². The first-order valence-corrected chi connectivity index (χ1v) is 11.1. The number of aryl methyl sites for hydroxylation is 3. The maximum atomic E-state index is 13.2.